The number of aromatic nitrogens is 5. The van der Waals surface area contributed by atoms with E-state index >= 15 is 0 Å². The molecule has 0 atom stereocenters. The molecular weight excluding hydrogens is 404 g/mol. The van der Waals surface area contributed by atoms with Crippen LogP contribution >= 0.6 is 0 Å². The molecule has 0 aliphatic heterocycles. The molecule has 7 nitrogen and oxygen atoms in total. The Kier molecular flexibility index (Phi) is 5.75. The van der Waals surface area contributed by atoms with Gasteiger partial charge in [0.25, 0.3) is 0 Å². The lowest BCUT2D eigenvalue weighted by molar-refractivity contribution is 0.312. The van der Waals surface area contributed by atoms with Gasteiger partial charge in [-0.2, -0.15) is 4.98 Å². The first kappa shape index (κ1) is 20.6. The minimum absolute atomic E-state index is 0.191. The highest BCUT2D eigenvalue weighted by atomic mass is 19.1. The van der Waals surface area contributed by atoms with Crippen molar-refractivity contribution in [3.05, 3.63) is 65.4 Å². The second-order valence-corrected chi connectivity index (χ2v) is 6.92. The molecule has 0 saturated carbocycles. The van der Waals surface area contributed by atoms with Crippen molar-refractivity contribution in [2.45, 2.75) is 26.7 Å². The van der Waals surface area contributed by atoms with E-state index in [1.165, 1.54) is 13.2 Å². The molecule has 0 saturated heterocycles. The Morgan fingerprint density at radius 3 is 2.68 bits per heavy atom. The van der Waals surface area contributed by atoms with Crippen LogP contribution in [0.25, 0.3) is 16.8 Å². The molecule has 0 radical (unpaired) electrons. The normalized spacial score (nSPS) is 11.1. The molecule has 160 valence electrons. The molecule has 0 aliphatic rings. The highest BCUT2D eigenvalue weighted by Gasteiger charge is 2.16. The number of rotatable bonds is 7. The van der Waals surface area contributed by atoms with Crippen molar-refractivity contribution in [1.29, 1.82) is 0 Å². The SMILES string of the molecule is CCOc1ncc(-c2ccc(CCc3c(F)cc(F)cc3OC)n3cnnc23)c(C)n1. The van der Waals surface area contributed by atoms with Crippen LogP contribution in [0.1, 0.15) is 23.9 Å². The monoisotopic (exact) mass is 425 g/mol. The minimum atomic E-state index is -0.670. The highest BCUT2D eigenvalue weighted by molar-refractivity contribution is 5.78. The van der Waals surface area contributed by atoms with Crippen molar-refractivity contribution in [3.8, 4) is 22.9 Å². The maximum absolute atomic E-state index is 14.3. The number of pyridine rings is 1. The summed E-state index contributed by atoms with van der Waals surface area (Å²) in [5.74, 6) is -1.11. The third-order valence-electron chi connectivity index (χ3n) is 5.03. The van der Waals surface area contributed by atoms with Crippen LogP contribution in [-0.2, 0) is 12.8 Å². The van der Waals surface area contributed by atoms with E-state index in [0.29, 0.717) is 36.7 Å². The number of benzene rings is 1. The Morgan fingerprint density at radius 2 is 1.94 bits per heavy atom. The number of fused-ring (bicyclic) bond motifs is 1. The second kappa shape index (κ2) is 8.63. The van der Waals surface area contributed by atoms with Crippen molar-refractivity contribution in [3.63, 3.8) is 0 Å². The van der Waals surface area contributed by atoms with Gasteiger partial charge in [-0.15, -0.1) is 10.2 Å². The van der Waals surface area contributed by atoms with Crippen LogP contribution in [0.4, 0.5) is 8.78 Å². The number of hydrogen-bond acceptors (Lipinski definition) is 6. The van der Waals surface area contributed by atoms with Crippen LogP contribution in [0.5, 0.6) is 11.8 Å². The molecule has 9 heteroatoms. The average Bonchev–Trinajstić information content (AvgIpc) is 3.23. The fourth-order valence-electron chi connectivity index (χ4n) is 3.54. The van der Waals surface area contributed by atoms with Gasteiger partial charge in [0, 0.05) is 40.7 Å². The third-order valence-corrected chi connectivity index (χ3v) is 5.03. The maximum Gasteiger partial charge on any atom is 0.316 e. The summed E-state index contributed by atoms with van der Waals surface area (Å²) in [6, 6.07) is 6.22. The van der Waals surface area contributed by atoms with E-state index in [2.05, 4.69) is 20.2 Å². The van der Waals surface area contributed by atoms with E-state index in [4.69, 9.17) is 9.47 Å². The molecule has 1 aromatic carbocycles. The molecule has 0 unspecified atom stereocenters. The Bertz CT molecular complexity index is 1240. The zero-order chi connectivity index (χ0) is 22.0. The van der Waals surface area contributed by atoms with E-state index in [1.807, 2.05) is 30.4 Å². The van der Waals surface area contributed by atoms with E-state index < -0.39 is 11.6 Å². The van der Waals surface area contributed by atoms with Gasteiger partial charge >= 0.3 is 6.01 Å². The molecule has 0 fully saturated rings. The second-order valence-electron chi connectivity index (χ2n) is 6.92. The molecule has 0 spiro atoms. The first-order valence-electron chi connectivity index (χ1n) is 9.82. The Labute approximate surface area is 177 Å². The lowest BCUT2D eigenvalue weighted by Crippen LogP contribution is -2.04. The molecule has 0 amide bonds. The summed E-state index contributed by atoms with van der Waals surface area (Å²) in [7, 11) is 1.39. The van der Waals surface area contributed by atoms with Gasteiger partial charge in [-0.1, -0.05) is 0 Å². The molecule has 0 N–H and O–H groups in total. The summed E-state index contributed by atoms with van der Waals surface area (Å²) in [5, 5.41) is 8.29. The summed E-state index contributed by atoms with van der Waals surface area (Å²) >= 11 is 0. The number of hydrogen-bond donors (Lipinski definition) is 0. The zero-order valence-corrected chi connectivity index (χ0v) is 17.4. The fourth-order valence-corrected chi connectivity index (χ4v) is 3.54. The summed E-state index contributed by atoms with van der Waals surface area (Å²) in [4.78, 5) is 8.64. The maximum atomic E-state index is 14.3. The number of nitrogens with zero attached hydrogens (tertiary/aromatic N) is 5. The summed E-state index contributed by atoms with van der Waals surface area (Å²) < 4.78 is 40.1. The zero-order valence-electron chi connectivity index (χ0n) is 17.4. The Hall–Kier alpha value is -3.62. The van der Waals surface area contributed by atoms with Gasteiger partial charge in [-0.05, 0) is 38.8 Å². The summed E-state index contributed by atoms with van der Waals surface area (Å²) in [6.45, 7) is 4.24. The smallest absolute Gasteiger partial charge is 0.316 e. The van der Waals surface area contributed by atoms with Gasteiger partial charge in [0.15, 0.2) is 5.65 Å². The van der Waals surface area contributed by atoms with Crippen molar-refractivity contribution in [2.75, 3.05) is 13.7 Å². The average molecular weight is 425 g/mol. The van der Waals surface area contributed by atoms with Gasteiger partial charge in [0.2, 0.25) is 0 Å². The molecule has 0 aliphatic carbocycles. The molecule has 4 rings (SSSR count). The van der Waals surface area contributed by atoms with E-state index in [-0.39, 0.29) is 5.75 Å². The summed E-state index contributed by atoms with van der Waals surface area (Å²) in [6.07, 6.45) is 4.12. The Morgan fingerprint density at radius 1 is 1.10 bits per heavy atom. The van der Waals surface area contributed by atoms with Crippen LogP contribution < -0.4 is 9.47 Å². The third kappa shape index (κ3) is 4.03. The van der Waals surface area contributed by atoms with E-state index in [0.717, 1.165) is 28.6 Å². The first-order chi connectivity index (χ1) is 15.0. The largest absolute Gasteiger partial charge is 0.496 e. The molecule has 4 aromatic rings. The summed E-state index contributed by atoms with van der Waals surface area (Å²) in [5.41, 5.74) is 4.24. The van der Waals surface area contributed by atoms with Gasteiger partial charge in [0.1, 0.15) is 23.7 Å². The Balaban J connectivity index is 1.67. The van der Waals surface area contributed by atoms with Crippen molar-refractivity contribution < 1.29 is 18.3 Å². The van der Waals surface area contributed by atoms with Crippen LogP contribution in [0.2, 0.25) is 0 Å². The number of ether oxygens (including phenoxy) is 2. The molecular formula is C22H21F2N5O2. The van der Waals surface area contributed by atoms with Gasteiger partial charge in [0.05, 0.1) is 19.4 Å². The van der Waals surface area contributed by atoms with Crippen molar-refractivity contribution in [1.82, 2.24) is 24.6 Å². The molecule has 3 aromatic heterocycles. The first-order valence-corrected chi connectivity index (χ1v) is 9.82. The van der Waals surface area contributed by atoms with Crippen molar-refractivity contribution >= 4 is 5.65 Å². The van der Waals surface area contributed by atoms with Crippen molar-refractivity contribution in [2.24, 2.45) is 0 Å². The van der Waals surface area contributed by atoms with E-state index in [1.54, 1.807) is 12.5 Å². The predicted molar refractivity (Wildman–Crippen MR) is 110 cm³/mol. The van der Waals surface area contributed by atoms with Crippen LogP contribution in [0.15, 0.2) is 36.8 Å². The molecule has 3 heterocycles. The van der Waals surface area contributed by atoms with Crippen LogP contribution in [-0.4, -0.2) is 38.3 Å². The van der Waals surface area contributed by atoms with E-state index in [9.17, 15) is 8.78 Å². The predicted octanol–water partition coefficient (Wildman–Crippen LogP) is 3.97. The van der Waals surface area contributed by atoms with Gasteiger partial charge < -0.3 is 9.47 Å². The molecule has 31 heavy (non-hydrogen) atoms. The topological polar surface area (TPSA) is 74.4 Å². The minimum Gasteiger partial charge on any atom is -0.496 e. The fraction of sp³-hybridized carbons (Fsp3) is 0.273. The highest BCUT2D eigenvalue weighted by Crippen LogP contribution is 2.29. The molecule has 0 bridgehead atoms. The van der Waals surface area contributed by atoms with Crippen LogP contribution in [0.3, 0.4) is 0 Å². The lowest BCUT2D eigenvalue weighted by atomic mass is 10.0. The quantitative estimate of drug-likeness (QED) is 0.446. The van der Waals surface area contributed by atoms with Crippen LogP contribution in [0, 0.1) is 18.6 Å². The number of halogens is 2. The van der Waals surface area contributed by atoms with Gasteiger partial charge in [-0.3, -0.25) is 4.40 Å². The standard InChI is InChI=1S/C22H21F2N5O2/c1-4-31-22-25-11-18(13(2)27-22)16-7-5-15(29-12-26-28-21(16)29)6-8-17-19(24)9-14(23)10-20(17)30-3/h5,7,9-12H,4,6,8H2,1-3H3. The lowest BCUT2D eigenvalue weighted by Gasteiger charge is -2.13. The van der Waals surface area contributed by atoms with Gasteiger partial charge in [-0.25, -0.2) is 13.8 Å². The number of aryl methyl sites for hydroxylation is 2. The number of methoxy groups -OCH3 is 1.